The number of amides is 1. The molecule has 0 aliphatic carbocycles. The fourth-order valence-corrected chi connectivity index (χ4v) is 2.37. The van der Waals surface area contributed by atoms with Gasteiger partial charge in [-0.25, -0.2) is 4.98 Å². The highest BCUT2D eigenvalue weighted by Crippen LogP contribution is 2.25. The number of pyridine rings is 1. The molecule has 0 atom stereocenters. The third-order valence-electron chi connectivity index (χ3n) is 3.42. The van der Waals surface area contributed by atoms with E-state index in [1.807, 2.05) is 4.90 Å². The molecule has 6 heteroatoms. The molecule has 1 fully saturated rings. The normalized spacial score (nSPS) is 15.9. The molecule has 6 nitrogen and oxygen atoms in total. The van der Waals surface area contributed by atoms with Crippen LogP contribution in [0.3, 0.4) is 0 Å². The van der Waals surface area contributed by atoms with Gasteiger partial charge in [-0.15, -0.1) is 0 Å². The fraction of sp³-hybridized carbons (Fsp3) is 0.462. The minimum Gasteiger partial charge on any atom is -0.397 e. The predicted octanol–water partition coefficient (Wildman–Crippen LogP) is 0.498. The number of anilines is 2. The van der Waals surface area contributed by atoms with Crippen LogP contribution in [0.2, 0.25) is 0 Å². The van der Waals surface area contributed by atoms with E-state index in [1.165, 1.54) is 0 Å². The molecule has 3 N–H and O–H groups in total. The van der Waals surface area contributed by atoms with Gasteiger partial charge in [0.1, 0.15) is 11.9 Å². The van der Waals surface area contributed by atoms with Gasteiger partial charge in [0.25, 0.3) is 0 Å². The Labute approximate surface area is 112 Å². The zero-order chi connectivity index (χ0) is 13.8. The second-order valence-corrected chi connectivity index (χ2v) is 4.63. The SMILES string of the molecule is CNC(=O)C1CCN(c2ncc(N)cc2C#N)CC1. The van der Waals surface area contributed by atoms with Crippen LogP contribution in [0.25, 0.3) is 0 Å². The van der Waals surface area contributed by atoms with Gasteiger partial charge in [0, 0.05) is 26.1 Å². The number of nitrogens with one attached hydrogen (secondary N) is 1. The fourth-order valence-electron chi connectivity index (χ4n) is 2.37. The lowest BCUT2D eigenvalue weighted by Crippen LogP contribution is -2.40. The van der Waals surface area contributed by atoms with E-state index in [9.17, 15) is 4.79 Å². The molecular formula is C13H17N5O. The van der Waals surface area contributed by atoms with Crippen molar-refractivity contribution in [2.45, 2.75) is 12.8 Å². The molecule has 19 heavy (non-hydrogen) atoms. The van der Waals surface area contributed by atoms with E-state index >= 15 is 0 Å². The summed E-state index contributed by atoms with van der Waals surface area (Å²) in [4.78, 5) is 17.8. The van der Waals surface area contributed by atoms with Gasteiger partial charge in [-0.3, -0.25) is 4.79 Å². The second-order valence-electron chi connectivity index (χ2n) is 4.63. The van der Waals surface area contributed by atoms with E-state index in [0.29, 0.717) is 17.1 Å². The summed E-state index contributed by atoms with van der Waals surface area (Å²) in [6.07, 6.45) is 3.11. The molecule has 0 radical (unpaired) electrons. The van der Waals surface area contributed by atoms with E-state index in [4.69, 9.17) is 11.0 Å². The molecule has 1 saturated heterocycles. The number of aromatic nitrogens is 1. The molecule has 1 aromatic rings. The van der Waals surface area contributed by atoms with Crippen LogP contribution in [0.4, 0.5) is 11.5 Å². The highest BCUT2D eigenvalue weighted by molar-refractivity contribution is 5.78. The van der Waals surface area contributed by atoms with Crippen LogP contribution in [-0.4, -0.2) is 31.0 Å². The molecule has 0 unspecified atom stereocenters. The zero-order valence-electron chi connectivity index (χ0n) is 10.9. The monoisotopic (exact) mass is 259 g/mol. The van der Waals surface area contributed by atoms with Crippen LogP contribution in [-0.2, 0) is 4.79 Å². The quantitative estimate of drug-likeness (QED) is 0.806. The third-order valence-corrected chi connectivity index (χ3v) is 3.42. The van der Waals surface area contributed by atoms with Crippen molar-refractivity contribution in [2.24, 2.45) is 5.92 Å². The summed E-state index contributed by atoms with van der Waals surface area (Å²) in [5.41, 5.74) is 6.60. The molecule has 2 rings (SSSR count). The Morgan fingerprint density at radius 3 is 2.84 bits per heavy atom. The predicted molar refractivity (Wildman–Crippen MR) is 72.4 cm³/mol. The van der Waals surface area contributed by atoms with E-state index < -0.39 is 0 Å². The summed E-state index contributed by atoms with van der Waals surface area (Å²) in [5, 5.41) is 11.8. The summed E-state index contributed by atoms with van der Waals surface area (Å²) in [6.45, 7) is 1.45. The highest BCUT2D eigenvalue weighted by atomic mass is 16.1. The molecule has 2 heterocycles. The lowest BCUT2D eigenvalue weighted by Gasteiger charge is -2.32. The van der Waals surface area contributed by atoms with E-state index in [1.54, 1.807) is 19.3 Å². The van der Waals surface area contributed by atoms with E-state index in [2.05, 4.69) is 16.4 Å². The maximum Gasteiger partial charge on any atom is 0.222 e. The van der Waals surface area contributed by atoms with Crippen LogP contribution in [0.15, 0.2) is 12.3 Å². The number of rotatable bonds is 2. The average Bonchev–Trinajstić information content (AvgIpc) is 2.46. The van der Waals surface area contributed by atoms with Crippen molar-refractivity contribution >= 4 is 17.4 Å². The first-order valence-corrected chi connectivity index (χ1v) is 6.28. The van der Waals surface area contributed by atoms with Crippen LogP contribution in [0, 0.1) is 17.2 Å². The topological polar surface area (TPSA) is 95.0 Å². The molecule has 1 amide bonds. The standard InChI is InChI=1S/C13H17N5O/c1-16-13(19)9-2-4-18(5-3-9)12-10(7-14)6-11(15)8-17-12/h6,8-9H,2-5,15H2,1H3,(H,16,19). The average molecular weight is 259 g/mol. The first kappa shape index (κ1) is 13.1. The number of hydrogen-bond acceptors (Lipinski definition) is 5. The number of nitrogens with zero attached hydrogens (tertiary/aromatic N) is 3. The Hall–Kier alpha value is -2.29. The number of nitriles is 1. The zero-order valence-corrected chi connectivity index (χ0v) is 10.9. The maximum atomic E-state index is 11.6. The Kier molecular flexibility index (Phi) is 3.85. The van der Waals surface area contributed by atoms with Crippen LogP contribution in [0.1, 0.15) is 18.4 Å². The molecule has 0 saturated carbocycles. The van der Waals surface area contributed by atoms with Crippen molar-refractivity contribution in [1.29, 1.82) is 5.26 Å². The first-order valence-electron chi connectivity index (χ1n) is 6.28. The maximum absolute atomic E-state index is 11.6. The van der Waals surface area contributed by atoms with Gasteiger partial charge in [-0.1, -0.05) is 0 Å². The van der Waals surface area contributed by atoms with E-state index in [-0.39, 0.29) is 11.8 Å². The van der Waals surface area contributed by atoms with Gasteiger partial charge in [0.05, 0.1) is 17.4 Å². The lowest BCUT2D eigenvalue weighted by molar-refractivity contribution is -0.125. The number of piperidine rings is 1. The van der Waals surface area contributed by atoms with Crippen LogP contribution in [0.5, 0.6) is 0 Å². The first-order chi connectivity index (χ1) is 9.15. The largest absolute Gasteiger partial charge is 0.397 e. The number of carbonyl (C=O) groups is 1. The summed E-state index contributed by atoms with van der Waals surface area (Å²) >= 11 is 0. The molecule has 100 valence electrons. The van der Waals surface area contributed by atoms with Crippen LogP contribution < -0.4 is 16.0 Å². The molecule has 0 spiro atoms. The Morgan fingerprint density at radius 2 is 2.26 bits per heavy atom. The van der Waals surface area contributed by atoms with E-state index in [0.717, 1.165) is 25.9 Å². The van der Waals surface area contributed by atoms with Crippen molar-refractivity contribution in [3.05, 3.63) is 17.8 Å². The Bertz CT molecular complexity index is 514. The summed E-state index contributed by atoms with van der Waals surface area (Å²) < 4.78 is 0. The number of nitrogen functional groups attached to an aromatic ring is 1. The van der Waals surface area contributed by atoms with Crippen molar-refractivity contribution in [2.75, 3.05) is 30.8 Å². The highest BCUT2D eigenvalue weighted by Gasteiger charge is 2.25. The summed E-state index contributed by atoms with van der Waals surface area (Å²) in [5.74, 6) is 0.804. The summed E-state index contributed by atoms with van der Waals surface area (Å²) in [7, 11) is 1.66. The van der Waals surface area contributed by atoms with Gasteiger partial charge >= 0.3 is 0 Å². The Morgan fingerprint density at radius 1 is 1.58 bits per heavy atom. The number of carbonyl (C=O) groups excluding carboxylic acids is 1. The van der Waals surface area contributed by atoms with Gasteiger partial charge in [-0.05, 0) is 18.9 Å². The van der Waals surface area contributed by atoms with Gasteiger partial charge in [0.15, 0.2) is 0 Å². The molecule has 0 aromatic carbocycles. The minimum atomic E-state index is 0.0561. The van der Waals surface area contributed by atoms with Crippen LogP contribution >= 0.6 is 0 Å². The number of hydrogen-bond donors (Lipinski definition) is 2. The molecule has 0 bridgehead atoms. The van der Waals surface area contributed by atoms with Crippen molar-refractivity contribution in [3.63, 3.8) is 0 Å². The summed E-state index contributed by atoms with van der Waals surface area (Å²) in [6, 6.07) is 3.75. The second kappa shape index (κ2) is 5.57. The molecular weight excluding hydrogens is 242 g/mol. The lowest BCUT2D eigenvalue weighted by atomic mass is 9.96. The molecule has 1 aliphatic heterocycles. The van der Waals surface area contributed by atoms with Crippen molar-refractivity contribution in [3.8, 4) is 6.07 Å². The third kappa shape index (κ3) is 2.76. The van der Waals surface area contributed by atoms with Gasteiger partial charge in [0.2, 0.25) is 5.91 Å². The molecule has 1 aliphatic rings. The van der Waals surface area contributed by atoms with Gasteiger partial charge < -0.3 is 16.0 Å². The van der Waals surface area contributed by atoms with Crippen molar-refractivity contribution < 1.29 is 4.79 Å². The smallest absolute Gasteiger partial charge is 0.222 e. The van der Waals surface area contributed by atoms with Crippen molar-refractivity contribution in [1.82, 2.24) is 10.3 Å². The van der Waals surface area contributed by atoms with Gasteiger partial charge in [-0.2, -0.15) is 5.26 Å². The Balaban J connectivity index is 2.10. The minimum absolute atomic E-state index is 0.0561. The number of nitrogens with two attached hydrogens (primary N) is 1. The molecule has 1 aromatic heterocycles.